The number of likely N-dealkylation sites (tertiary alicyclic amines) is 1. The minimum atomic E-state index is 0.266. The first-order valence-electron chi connectivity index (χ1n) is 8.10. The fourth-order valence-electron chi connectivity index (χ4n) is 2.87. The third-order valence-corrected chi connectivity index (χ3v) is 4.55. The molecule has 0 bridgehead atoms. The quantitative estimate of drug-likeness (QED) is 0.924. The molecule has 1 unspecified atom stereocenters. The van der Waals surface area contributed by atoms with Gasteiger partial charge >= 0.3 is 0 Å². The number of piperidine rings is 1. The highest BCUT2D eigenvalue weighted by atomic mass is 16.2. The Balaban J connectivity index is 1.91. The van der Waals surface area contributed by atoms with Crippen LogP contribution in [-0.2, 0) is 4.79 Å². The molecule has 1 heterocycles. The SMILES string of the molecule is CC(C)c1ccc(C(C)CC(=O)N2CCC(N)CC2)cc1. The molecular formula is C18H28N2O. The van der Waals surface area contributed by atoms with E-state index in [-0.39, 0.29) is 17.9 Å². The van der Waals surface area contributed by atoms with Gasteiger partial charge in [-0.25, -0.2) is 0 Å². The molecule has 0 aliphatic carbocycles. The largest absolute Gasteiger partial charge is 0.343 e. The van der Waals surface area contributed by atoms with E-state index in [1.165, 1.54) is 11.1 Å². The topological polar surface area (TPSA) is 46.3 Å². The van der Waals surface area contributed by atoms with Crippen molar-refractivity contribution in [1.82, 2.24) is 4.90 Å². The van der Waals surface area contributed by atoms with Crippen LogP contribution in [-0.4, -0.2) is 29.9 Å². The monoisotopic (exact) mass is 288 g/mol. The van der Waals surface area contributed by atoms with Gasteiger partial charge in [-0.05, 0) is 35.8 Å². The summed E-state index contributed by atoms with van der Waals surface area (Å²) in [6.45, 7) is 8.17. The number of nitrogens with two attached hydrogens (primary N) is 1. The zero-order valence-corrected chi connectivity index (χ0v) is 13.5. The van der Waals surface area contributed by atoms with Crippen molar-refractivity contribution in [2.24, 2.45) is 5.73 Å². The number of carbonyl (C=O) groups excluding carboxylic acids is 1. The van der Waals surface area contributed by atoms with E-state index in [1.807, 2.05) is 4.90 Å². The lowest BCUT2D eigenvalue weighted by molar-refractivity contribution is -0.132. The van der Waals surface area contributed by atoms with Crippen molar-refractivity contribution in [3.8, 4) is 0 Å². The predicted molar refractivity (Wildman–Crippen MR) is 87.4 cm³/mol. The Bertz CT molecular complexity index is 459. The molecule has 116 valence electrons. The summed E-state index contributed by atoms with van der Waals surface area (Å²) in [6, 6.07) is 8.97. The van der Waals surface area contributed by atoms with Crippen molar-refractivity contribution in [3.05, 3.63) is 35.4 Å². The highest BCUT2D eigenvalue weighted by Gasteiger charge is 2.22. The van der Waals surface area contributed by atoms with E-state index in [0.717, 1.165) is 25.9 Å². The molecule has 1 atom stereocenters. The fraction of sp³-hybridized carbons (Fsp3) is 0.611. The molecule has 1 saturated heterocycles. The summed E-state index contributed by atoms with van der Waals surface area (Å²) in [7, 11) is 0. The van der Waals surface area contributed by atoms with Crippen LogP contribution in [0.15, 0.2) is 24.3 Å². The van der Waals surface area contributed by atoms with Crippen LogP contribution >= 0.6 is 0 Å². The third-order valence-electron chi connectivity index (χ3n) is 4.55. The van der Waals surface area contributed by atoms with Gasteiger partial charge in [0.25, 0.3) is 0 Å². The summed E-state index contributed by atoms with van der Waals surface area (Å²) in [4.78, 5) is 14.3. The van der Waals surface area contributed by atoms with Gasteiger partial charge in [-0.1, -0.05) is 45.0 Å². The second kappa shape index (κ2) is 7.08. The van der Waals surface area contributed by atoms with E-state index in [0.29, 0.717) is 12.3 Å². The Morgan fingerprint density at radius 2 is 1.67 bits per heavy atom. The zero-order valence-electron chi connectivity index (χ0n) is 13.5. The van der Waals surface area contributed by atoms with E-state index < -0.39 is 0 Å². The Labute approximate surface area is 128 Å². The minimum Gasteiger partial charge on any atom is -0.343 e. The van der Waals surface area contributed by atoms with Crippen LogP contribution in [0.5, 0.6) is 0 Å². The summed E-state index contributed by atoms with van der Waals surface area (Å²) in [6.07, 6.45) is 2.46. The normalized spacial score (nSPS) is 18.0. The lowest BCUT2D eigenvalue weighted by Gasteiger charge is -2.31. The Kier molecular flexibility index (Phi) is 5.40. The van der Waals surface area contributed by atoms with E-state index in [4.69, 9.17) is 5.73 Å². The predicted octanol–water partition coefficient (Wildman–Crippen LogP) is 3.25. The van der Waals surface area contributed by atoms with Gasteiger partial charge in [0.2, 0.25) is 5.91 Å². The van der Waals surface area contributed by atoms with Crippen LogP contribution < -0.4 is 5.73 Å². The molecule has 1 fully saturated rings. The number of rotatable bonds is 4. The van der Waals surface area contributed by atoms with Crippen molar-refractivity contribution in [2.75, 3.05) is 13.1 Å². The number of benzene rings is 1. The summed E-state index contributed by atoms with van der Waals surface area (Å²) >= 11 is 0. The molecule has 0 radical (unpaired) electrons. The van der Waals surface area contributed by atoms with Crippen molar-refractivity contribution < 1.29 is 4.79 Å². The highest BCUT2D eigenvalue weighted by molar-refractivity contribution is 5.77. The third kappa shape index (κ3) is 4.31. The van der Waals surface area contributed by atoms with Crippen molar-refractivity contribution in [1.29, 1.82) is 0 Å². The highest BCUT2D eigenvalue weighted by Crippen LogP contribution is 2.23. The average Bonchev–Trinajstić information content (AvgIpc) is 2.47. The maximum atomic E-state index is 12.3. The Hall–Kier alpha value is -1.35. The maximum absolute atomic E-state index is 12.3. The lowest BCUT2D eigenvalue weighted by atomic mass is 9.93. The van der Waals surface area contributed by atoms with Crippen molar-refractivity contribution >= 4 is 5.91 Å². The average molecular weight is 288 g/mol. The summed E-state index contributed by atoms with van der Waals surface area (Å²) in [5, 5.41) is 0. The molecule has 1 amide bonds. The molecule has 1 aliphatic rings. The molecule has 3 heteroatoms. The van der Waals surface area contributed by atoms with Crippen LogP contribution in [0.1, 0.15) is 63.0 Å². The molecule has 0 aromatic heterocycles. The van der Waals surface area contributed by atoms with Gasteiger partial charge < -0.3 is 10.6 Å². The van der Waals surface area contributed by atoms with E-state index in [9.17, 15) is 4.79 Å². The van der Waals surface area contributed by atoms with Gasteiger partial charge in [-0.15, -0.1) is 0 Å². The van der Waals surface area contributed by atoms with Crippen LogP contribution in [0.25, 0.3) is 0 Å². The van der Waals surface area contributed by atoms with Gasteiger partial charge in [0.05, 0.1) is 0 Å². The first kappa shape index (κ1) is 16.0. The zero-order chi connectivity index (χ0) is 15.4. The van der Waals surface area contributed by atoms with Crippen molar-refractivity contribution in [2.45, 2.75) is 57.9 Å². The van der Waals surface area contributed by atoms with Gasteiger partial charge in [-0.3, -0.25) is 4.79 Å². The van der Waals surface area contributed by atoms with Gasteiger partial charge in [0.15, 0.2) is 0 Å². The lowest BCUT2D eigenvalue weighted by Crippen LogP contribution is -2.43. The molecule has 3 nitrogen and oxygen atoms in total. The maximum Gasteiger partial charge on any atom is 0.223 e. The molecule has 1 aromatic carbocycles. The van der Waals surface area contributed by atoms with Crippen LogP contribution in [0.4, 0.5) is 0 Å². The van der Waals surface area contributed by atoms with E-state index >= 15 is 0 Å². The van der Waals surface area contributed by atoms with Crippen molar-refractivity contribution in [3.63, 3.8) is 0 Å². The Morgan fingerprint density at radius 3 is 2.19 bits per heavy atom. The fourth-order valence-corrected chi connectivity index (χ4v) is 2.87. The molecule has 1 aromatic rings. The van der Waals surface area contributed by atoms with Gasteiger partial charge in [-0.2, -0.15) is 0 Å². The van der Waals surface area contributed by atoms with E-state index in [2.05, 4.69) is 45.0 Å². The van der Waals surface area contributed by atoms with Crippen LogP contribution in [0, 0.1) is 0 Å². The minimum absolute atomic E-state index is 0.266. The van der Waals surface area contributed by atoms with Gasteiger partial charge in [0.1, 0.15) is 0 Å². The molecule has 0 saturated carbocycles. The number of amides is 1. The van der Waals surface area contributed by atoms with Crippen LogP contribution in [0.2, 0.25) is 0 Å². The summed E-state index contributed by atoms with van der Waals surface area (Å²) in [5.41, 5.74) is 8.49. The molecular weight excluding hydrogens is 260 g/mol. The number of hydrogen-bond acceptors (Lipinski definition) is 2. The number of carbonyl (C=O) groups is 1. The molecule has 1 aliphatic heterocycles. The molecule has 2 rings (SSSR count). The first-order valence-corrected chi connectivity index (χ1v) is 8.10. The molecule has 21 heavy (non-hydrogen) atoms. The van der Waals surface area contributed by atoms with Crippen LogP contribution in [0.3, 0.4) is 0 Å². The molecule has 2 N–H and O–H groups in total. The first-order chi connectivity index (χ1) is 9.97. The number of hydrogen-bond donors (Lipinski definition) is 1. The molecule has 0 spiro atoms. The number of nitrogens with zero attached hydrogens (tertiary/aromatic N) is 1. The second-order valence-electron chi connectivity index (χ2n) is 6.64. The summed E-state index contributed by atoms with van der Waals surface area (Å²) < 4.78 is 0. The van der Waals surface area contributed by atoms with E-state index in [1.54, 1.807) is 0 Å². The summed E-state index contributed by atoms with van der Waals surface area (Å²) in [5.74, 6) is 1.09. The smallest absolute Gasteiger partial charge is 0.223 e. The Morgan fingerprint density at radius 1 is 1.14 bits per heavy atom. The second-order valence-corrected chi connectivity index (χ2v) is 6.64. The standard InChI is InChI=1S/C18H28N2O/c1-13(2)15-4-6-16(7-5-15)14(3)12-18(21)20-10-8-17(19)9-11-20/h4-7,13-14,17H,8-12,19H2,1-3H3. The van der Waals surface area contributed by atoms with Gasteiger partial charge in [0, 0.05) is 25.6 Å².